The van der Waals surface area contributed by atoms with Crippen molar-refractivity contribution in [3.05, 3.63) is 45.0 Å². The minimum absolute atomic E-state index is 0.0766. The maximum absolute atomic E-state index is 10.8. The summed E-state index contributed by atoms with van der Waals surface area (Å²) in [5.41, 5.74) is 2.00. The van der Waals surface area contributed by atoms with Crippen molar-refractivity contribution >= 4 is 18.0 Å². The Labute approximate surface area is 100 Å². The maximum atomic E-state index is 10.8. The van der Waals surface area contributed by atoms with Gasteiger partial charge in [-0.05, 0) is 30.1 Å². The Morgan fingerprint density at radius 1 is 1.41 bits per heavy atom. The molecule has 0 N–H and O–H groups in total. The van der Waals surface area contributed by atoms with Gasteiger partial charge in [-0.2, -0.15) is 0 Å². The van der Waals surface area contributed by atoms with E-state index >= 15 is 0 Å². The average Bonchev–Trinajstić information content (AvgIpc) is 2.27. The number of allylic oxidation sites excluding steroid dienone is 1. The molecule has 0 amide bonds. The first-order valence-corrected chi connectivity index (χ1v) is 5.37. The lowest BCUT2D eigenvalue weighted by Gasteiger charge is -2.04. The second-order valence-electron chi connectivity index (χ2n) is 4.22. The van der Waals surface area contributed by atoms with E-state index in [9.17, 15) is 14.9 Å². The fourth-order valence-corrected chi connectivity index (χ4v) is 1.44. The van der Waals surface area contributed by atoms with Gasteiger partial charge in [0.1, 0.15) is 6.29 Å². The Kier molecular flexibility index (Phi) is 4.15. The lowest BCUT2D eigenvalue weighted by molar-refractivity contribution is -0.385. The van der Waals surface area contributed by atoms with E-state index in [1.54, 1.807) is 25.1 Å². The van der Waals surface area contributed by atoms with Gasteiger partial charge in [0.15, 0.2) is 0 Å². The molecule has 0 saturated heterocycles. The highest BCUT2D eigenvalue weighted by atomic mass is 16.6. The second-order valence-corrected chi connectivity index (χ2v) is 4.22. The quantitative estimate of drug-likeness (QED) is 0.347. The van der Waals surface area contributed by atoms with E-state index in [1.165, 1.54) is 6.07 Å². The van der Waals surface area contributed by atoms with Crippen molar-refractivity contribution in [3.63, 3.8) is 0 Å². The van der Waals surface area contributed by atoms with Gasteiger partial charge in [0.25, 0.3) is 5.69 Å². The Morgan fingerprint density at radius 2 is 2.06 bits per heavy atom. The van der Waals surface area contributed by atoms with Gasteiger partial charge in [0.2, 0.25) is 0 Å². The molecule has 0 aliphatic carbocycles. The summed E-state index contributed by atoms with van der Waals surface area (Å²) in [6.07, 6.45) is 2.47. The summed E-state index contributed by atoms with van der Waals surface area (Å²) in [7, 11) is 0. The first-order valence-electron chi connectivity index (χ1n) is 5.37. The standard InChI is InChI=1S/C13H15NO3/c1-9(2)12(8-15)6-11-5-4-10(3)13(7-11)14(16)17/h4-9H,1-3H3. The van der Waals surface area contributed by atoms with E-state index in [0.717, 1.165) is 6.29 Å². The molecule has 1 aromatic carbocycles. The number of hydrogen-bond acceptors (Lipinski definition) is 3. The van der Waals surface area contributed by atoms with Gasteiger partial charge in [-0.3, -0.25) is 14.9 Å². The van der Waals surface area contributed by atoms with E-state index in [1.807, 2.05) is 13.8 Å². The largest absolute Gasteiger partial charge is 0.298 e. The van der Waals surface area contributed by atoms with Gasteiger partial charge in [-0.15, -0.1) is 0 Å². The molecule has 4 nitrogen and oxygen atoms in total. The molecule has 0 bridgehead atoms. The molecule has 0 heterocycles. The number of nitro groups is 1. The zero-order valence-corrected chi connectivity index (χ0v) is 10.1. The van der Waals surface area contributed by atoms with Gasteiger partial charge in [0.05, 0.1) is 4.92 Å². The normalized spacial score (nSPS) is 11.6. The van der Waals surface area contributed by atoms with Crippen molar-refractivity contribution < 1.29 is 9.72 Å². The van der Waals surface area contributed by atoms with Crippen LogP contribution in [0.25, 0.3) is 6.08 Å². The number of carbonyl (C=O) groups excluding carboxylic acids is 1. The first-order chi connectivity index (χ1) is 7.95. The van der Waals surface area contributed by atoms with Crippen LogP contribution in [-0.4, -0.2) is 11.2 Å². The van der Waals surface area contributed by atoms with E-state index in [4.69, 9.17) is 0 Å². The monoisotopic (exact) mass is 233 g/mol. The van der Waals surface area contributed by atoms with Crippen LogP contribution in [0.5, 0.6) is 0 Å². The third-order valence-corrected chi connectivity index (χ3v) is 2.57. The zero-order valence-electron chi connectivity index (χ0n) is 10.1. The number of aldehydes is 1. The summed E-state index contributed by atoms with van der Waals surface area (Å²) in [5, 5.41) is 10.8. The molecule has 0 atom stereocenters. The Bertz CT molecular complexity index is 476. The smallest absolute Gasteiger partial charge is 0.272 e. The first kappa shape index (κ1) is 13.1. The molecular formula is C13H15NO3. The number of hydrogen-bond donors (Lipinski definition) is 0. The SMILES string of the molecule is Cc1ccc(C=C(C=O)C(C)C)cc1[N+](=O)[O-]. The highest BCUT2D eigenvalue weighted by molar-refractivity contribution is 5.82. The van der Waals surface area contributed by atoms with Crippen molar-refractivity contribution in [3.8, 4) is 0 Å². The average molecular weight is 233 g/mol. The Morgan fingerprint density at radius 3 is 2.53 bits per heavy atom. The lowest BCUT2D eigenvalue weighted by Crippen LogP contribution is -1.96. The summed E-state index contributed by atoms with van der Waals surface area (Å²) in [6.45, 7) is 5.50. The highest BCUT2D eigenvalue weighted by Gasteiger charge is 2.10. The van der Waals surface area contributed by atoms with Crippen molar-refractivity contribution in [2.75, 3.05) is 0 Å². The summed E-state index contributed by atoms with van der Waals surface area (Å²) >= 11 is 0. The van der Waals surface area contributed by atoms with Crippen LogP contribution in [0.2, 0.25) is 0 Å². The lowest BCUT2D eigenvalue weighted by atomic mass is 10.0. The Balaban J connectivity index is 3.20. The topological polar surface area (TPSA) is 60.2 Å². The van der Waals surface area contributed by atoms with Crippen molar-refractivity contribution in [2.24, 2.45) is 5.92 Å². The predicted molar refractivity (Wildman–Crippen MR) is 66.7 cm³/mol. The van der Waals surface area contributed by atoms with Crippen LogP contribution in [0.4, 0.5) is 5.69 Å². The van der Waals surface area contributed by atoms with Crippen LogP contribution in [0.3, 0.4) is 0 Å². The number of benzene rings is 1. The molecule has 0 spiro atoms. The van der Waals surface area contributed by atoms with Crippen molar-refractivity contribution in [1.82, 2.24) is 0 Å². The van der Waals surface area contributed by atoms with Gasteiger partial charge in [0, 0.05) is 11.6 Å². The third kappa shape index (κ3) is 3.24. The predicted octanol–water partition coefficient (Wildman–Crippen LogP) is 3.14. The molecule has 0 fully saturated rings. The van der Waals surface area contributed by atoms with Crippen LogP contribution in [-0.2, 0) is 4.79 Å². The number of carbonyl (C=O) groups is 1. The number of rotatable bonds is 4. The van der Waals surface area contributed by atoms with Crippen molar-refractivity contribution in [1.29, 1.82) is 0 Å². The molecule has 0 unspecified atom stereocenters. The van der Waals surface area contributed by atoms with Crippen LogP contribution < -0.4 is 0 Å². The van der Waals surface area contributed by atoms with Gasteiger partial charge >= 0.3 is 0 Å². The van der Waals surface area contributed by atoms with Gasteiger partial charge in [-0.25, -0.2) is 0 Å². The molecule has 90 valence electrons. The summed E-state index contributed by atoms with van der Waals surface area (Å²) in [6, 6.07) is 4.95. The summed E-state index contributed by atoms with van der Waals surface area (Å²) in [5.74, 6) is 0.104. The molecule has 1 rings (SSSR count). The number of nitro benzene ring substituents is 1. The van der Waals surface area contributed by atoms with Crippen LogP contribution in [0.1, 0.15) is 25.0 Å². The minimum Gasteiger partial charge on any atom is -0.298 e. The third-order valence-electron chi connectivity index (χ3n) is 2.57. The molecule has 0 radical (unpaired) electrons. The van der Waals surface area contributed by atoms with Crippen molar-refractivity contribution in [2.45, 2.75) is 20.8 Å². The van der Waals surface area contributed by atoms with E-state index < -0.39 is 4.92 Å². The van der Waals surface area contributed by atoms with Gasteiger partial charge in [-0.1, -0.05) is 26.0 Å². The molecular weight excluding hydrogens is 218 g/mol. The van der Waals surface area contributed by atoms with Crippen LogP contribution in [0.15, 0.2) is 23.8 Å². The van der Waals surface area contributed by atoms with E-state index in [0.29, 0.717) is 16.7 Å². The highest BCUT2D eigenvalue weighted by Crippen LogP contribution is 2.21. The number of nitrogens with zero attached hydrogens (tertiary/aromatic N) is 1. The molecule has 1 aromatic rings. The Hall–Kier alpha value is -1.97. The summed E-state index contributed by atoms with van der Waals surface area (Å²) < 4.78 is 0. The maximum Gasteiger partial charge on any atom is 0.272 e. The van der Waals surface area contributed by atoms with Crippen LogP contribution >= 0.6 is 0 Å². The fraction of sp³-hybridized carbons (Fsp3) is 0.308. The zero-order chi connectivity index (χ0) is 13.0. The number of aryl methyl sites for hydroxylation is 1. The second kappa shape index (κ2) is 5.39. The molecule has 17 heavy (non-hydrogen) atoms. The van der Waals surface area contributed by atoms with E-state index in [2.05, 4.69) is 0 Å². The molecule has 0 saturated carbocycles. The minimum atomic E-state index is -0.414. The fourth-order valence-electron chi connectivity index (χ4n) is 1.44. The van der Waals surface area contributed by atoms with Gasteiger partial charge < -0.3 is 0 Å². The molecule has 0 aliphatic heterocycles. The van der Waals surface area contributed by atoms with E-state index in [-0.39, 0.29) is 11.6 Å². The van der Waals surface area contributed by atoms with Crippen LogP contribution in [0, 0.1) is 23.0 Å². The molecule has 4 heteroatoms. The molecule has 0 aromatic heterocycles. The molecule has 0 aliphatic rings. The summed E-state index contributed by atoms with van der Waals surface area (Å²) in [4.78, 5) is 21.2.